The number of hydrogen-bond acceptors (Lipinski definition) is 3. The van der Waals surface area contributed by atoms with Gasteiger partial charge in [0.1, 0.15) is 4.90 Å². The predicted molar refractivity (Wildman–Crippen MR) is 118 cm³/mol. The molecule has 1 saturated carbocycles. The van der Waals surface area contributed by atoms with Crippen LogP contribution >= 0.6 is 11.6 Å². The highest BCUT2D eigenvalue weighted by Crippen LogP contribution is 2.42. The number of carbonyl (C=O) groups is 1. The standard InChI is InChI=1S/C23H27ClN2O3S/c1-3-25(4-2)30(28,29)22-15-17(9-13-20(22)24)23(27)26(18-11-12-18)21-14-10-16-7-5-6-8-19(16)21/h5-9,13,15,18,21H,3-4,10-12,14H2,1-2H3. The van der Waals surface area contributed by atoms with Crippen LogP contribution in [-0.2, 0) is 16.4 Å². The number of fused-ring (bicyclic) bond motifs is 1. The lowest BCUT2D eigenvalue weighted by Crippen LogP contribution is -2.36. The van der Waals surface area contributed by atoms with E-state index in [4.69, 9.17) is 11.6 Å². The molecule has 1 atom stereocenters. The molecule has 1 fully saturated rings. The first-order valence-electron chi connectivity index (χ1n) is 10.6. The van der Waals surface area contributed by atoms with Crippen LogP contribution in [0.2, 0.25) is 5.02 Å². The summed E-state index contributed by atoms with van der Waals surface area (Å²) in [4.78, 5) is 15.6. The van der Waals surface area contributed by atoms with E-state index in [9.17, 15) is 13.2 Å². The Morgan fingerprint density at radius 3 is 2.43 bits per heavy atom. The first-order chi connectivity index (χ1) is 14.4. The van der Waals surface area contributed by atoms with Gasteiger partial charge < -0.3 is 4.90 Å². The first-order valence-corrected chi connectivity index (χ1v) is 12.4. The molecule has 2 aliphatic carbocycles. The Morgan fingerprint density at radius 2 is 1.77 bits per heavy atom. The van der Waals surface area contributed by atoms with Crippen molar-refractivity contribution in [1.82, 2.24) is 9.21 Å². The summed E-state index contributed by atoms with van der Waals surface area (Å²) in [5.74, 6) is -0.119. The van der Waals surface area contributed by atoms with Crippen molar-refractivity contribution in [2.75, 3.05) is 13.1 Å². The van der Waals surface area contributed by atoms with E-state index in [2.05, 4.69) is 12.1 Å². The molecule has 7 heteroatoms. The smallest absolute Gasteiger partial charge is 0.254 e. The Morgan fingerprint density at radius 1 is 1.07 bits per heavy atom. The highest BCUT2D eigenvalue weighted by molar-refractivity contribution is 7.89. The maximum absolute atomic E-state index is 13.6. The second kappa shape index (κ2) is 8.33. The van der Waals surface area contributed by atoms with Crippen LogP contribution in [0.4, 0.5) is 0 Å². The van der Waals surface area contributed by atoms with Gasteiger partial charge >= 0.3 is 0 Å². The summed E-state index contributed by atoms with van der Waals surface area (Å²) in [7, 11) is -3.76. The number of aryl methyl sites for hydroxylation is 1. The third-order valence-corrected chi connectivity index (χ3v) is 8.64. The van der Waals surface area contributed by atoms with Crippen molar-refractivity contribution in [2.45, 2.75) is 56.5 Å². The third kappa shape index (κ3) is 3.77. The number of sulfonamides is 1. The molecule has 5 nitrogen and oxygen atoms in total. The topological polar surface area (TPSA) is 57.7 Å². The summed E-state index contributed by atoms with van der Waals surface area (Å²) in [5, 5.41) is 0.141. The SMILES string of the molecule is CCN(CC)S(=O)(=O)c1cc(C(=O)N(C2CC2)C2CCc3ccccc32)ccc1Cl. The van der Waals surface area contributed by atoms with Crippen LogP contribution in [0, 0.1) is 0 Å². The number of nitrogens with zero attached hydrogens (tertiary/aromatic N) is 2. The summed E-state index contributed by atoms with van der Waals surface area (Å²) in [6.45, 7) is 4.27. The largest absolute Gasteiger partial charge is 0.329 e. The van der Waals surface area contributed by atoms with Crippen LogP contribution in [-0.4, -0.2) is 42.7 Å². The van der Waals surface area contributed by atoms with Gasteiger partial charge in [0.15, 0.2) is 0 Å². The molecule has 160 valence electrons. The van der Waals surface area contributed by atoms with Gasteiger partial charge in [-0.25, -0.2) is 8.42 Å². The van der Waals surface area contributed by atoms with Crippen molar-refractivity contribution < 1.29 is 13.2 Å². The highest BCUT2D eigenvalue weighted by atomic mass is 35.5. The van der Waals surface area contributed by atoms with Gasteiger partial charge in [-0.2, -0.15) is 4.31 Å². The Labute approximate surface area is 183 Å². The minimum absolute atomic E-state index is 0.00119. The normalized spacial score (nSPS) is 18.5. The summed E-state index contributed by atoms with van der Waals surface area (Å²) in [5.41, 5.74) is 2.88. The molecule has 0 aromatic heterocycles. The quantitative estimate of drug-likeness (QED) is 0.621. The summed E-state index contributed by atoms with van der Waals surface area (Å²) in [6, 6.07) is 13.2. The number of halogens is 1. The van der Waals surface area contributed by atoms with Crippen LogP contribution in [0.3, 0.4) is 0 Å². The Kier molecular flexibility index (Phi) is 5.93. The number of amides is 1. The van der Waals surface area contributed by atoms with Crippen LogP contribution in [0.15, 0.2) is 47.4 Å². The van der Waals surface area contributed by atoms with E-state index in [1.54, 1.807) is 19.9 Å². The summed E-state index contributed by atoms with van der Waals surface area (Å²) < 4.78 is 27.4. The van der Waals surface area contributed by atoms with Crippen LogP contribution in [0.25, 0.3) is 0 Å². The number of rotatable bonds is 7. The van der Waals surface area contributed by atoms with E-state index >= 15 is 0 Å². The molecule has 2 aromatic carbocycles. The predicted octanol–water partition coefficient (Wildman–Crippen LogP) is 4.66. The van der Waals surface area contributed by atoms with Gasteiger partial charge in [-0.05, 0) is 55.0 Å². The zero-order chi connectivity index (χ0) is 21.5. The van der Waals surface area contributed by atoms with Crippen molar-refractivity contribution in [3.8, 4) is 0 Å². The molecule has 2 aliphatic rings. The second-order valence-corrected chi connectivity index (χ2v) is 10.2. The van der Waals surface area contributed by atoms with Gasteiger partial charge in [0.25, 0.3) is 5.91 Å². The molecular formula is C23H27ClN2O3S. The van der Waals surface area contributed by atoms with E-state index in [0.29, 0.717) is 18.7 Å². The van der Waals surface area contributed by atoms with E-state index < -0.39 is 10.0 Å². The molecule has 0 saturated heterocycles. The van der Waals surface area contributed by atoms with Gasteiger partial charge in [0.05, 0.1) is 11.1 Å². The third-order valence-electron chi connectivity index (χ3n) is 6.11. The van der Waals surface area contributed by atoms with Crippen molar-refractivity contribution in [3.63, 3.8) is 0 Å². The molecule has 1 unspecified atom stereocenters. The molecule has 0 spiro atoms. The van der Waals surface area contributed by atoms with Crippen molar-refractivity contribution in [1.29, 1.82) is 0 Å². The maximum atomic E-state index is 13.6. The molecule has 0 N–H and O–H groups in total. The lowest BCUT2D eigenvalue weighted by molar-refractivity contribution is 0.0658. The van der Waals surface area contributed by atoms with E-state index in [1.807, 2.05) is 17.0 Å². The fourth-order valence-electron chi connectivity index (χ4n) is 4.42. The van der Waals surface area contributed by atoms with Crippen molar-refractivity contribution in [3.05, 3.63) is 64.2 Å². The van der Waals surface area contributed by atoms with Gasteiger partial charge in [0, 0.05) is 24.7 Å². The lowest BCUT2D eigenvalue weighted by atomic mass is 10.1. The average molecular weight is 447 g/mol. The zero-order valence-corrected chi connectivity index (χ0v) is 18.9. The van der Waals surface area contributed by atoms with Crippen LogP contribution in [0.5, 0.6) is 0 Å². The fourth-order valence-corrected chi connectivity index (χ4v) is 6.38. The Bertz CT molecular complexity index is 1060. The average Bonchev–Trinajstić information content (AvgIpc) is 3.48. The van der Waals surface area contributed by atoms with Gasteiger partial charge in [-0.15, -0.1) is 0 Å². The number of carbonyl (C=O) groups excluding carboxylic acids is 1. The lowest BCUT2D eigenvalue weighted by Gasteiger charge is -2.30. The van der Waals surface area contributed by atoms with Gasteiger partial charge in [-0.1, -0.05) is 49.7 Å². The molecule has 1 amide bonds. The molecule has 0 radical (unpaired) electrons. The molecule has 0 aliphatic heterocycles. The monoisotopic (exact) mass is 446 g/mol. The zero-order valence-electron chi connectivity index (χ0n) is 17.3. The minimum Gasteiger partial charge on any atom is -0.329 e. The van der Waals surface area contributed by atoms with E-state index in [0.717, 1.165) is 25.7 Å². The van der Waals surface area contributed by atoms with Crippen LogP contribution < -0.4 is 0 Å². The number of hydrogen-bond donors (Lipinski definition) is 0. The van der Waals surface area contributed by atoms with Gasteiger partial charge in [-0.3, -0.25) is 4.79 Å². The molecule has 4 rings (SSSR count). The van der Waals surface area contributed by atoms with Crippen LogP contribution in [0.1, 0.15) is 60.6 Å². The maximum Gasteiger partial charge on any atom is 0.254 e. The minimum atomic E-state index is -3.76. The summed E-state index contributed by atoms with van der Waals surface area (Å²) >= 11 is 6.26. The molecular weight excluding hydrogens is 420 g/mol. The van der Waals surface area contributed by atoms with Crippen molar-refractivity contribution >= 4 is 27.5 Å². The Balaban J connectivity index is 1.71. The molecule has 0 bridgehead atoms. The highest BCUT2D eigenvalue weighted by Gasteiger charge is 2.41. The Hall–Kier alpha value is -1.89. The van der Waals surface area contributed by atoms with Crippen molar-refractivity contribution in [2.24, 2.45) is 0 Å². The summed E-state index contributed by atoms with van der Waals surface area (Å²) in [6.07, 6.45) is 3.84. The second-order valence-electron chi connectivity index (χ2n) is 7.93. The molecule has 2 aromatic rings. The molecule has 0 heterocycles. The van der Waals surface area contributed by atoms with Gasteiger partial charge in [0.2, 0.25) is 10.0 Å². The van der Waals surface area contributed by atoms with E-state index in [-0.39, 0.29) is 27.9 Å². The molecule has 30 heavy (non-hydrogen) atoms. The first kappa shape index (κ1) is 21.3. The number of benzene rings is 2. The van der Waals surface area contributed by atoms with E-state index in [1.165, 1.54) is 27.6 Å². The fraction of sp³-hybridized carbons (Fsp3) is 0.435.